The van der Waals surface area contributed by atoms with Crippen LogP contribution in [0.15, 0.2) is 48.5 Å². The normalized spacial score (nSPS) is 11.2. The molecule has 1 N–H and O–H groups in total. The summed E-state index contributed by atoms with van der Waals surface area (Å²) in [5.41, 5.74) is 2.45. The first-order chi connectivity index (χ1) is 13.3. The maximum atomic E-state index is 13.9. The Morgan fingerprint density at radius 1 is 1.07 bits per heavy atom. The second-order valence-electron chi connectivity index (χ2n) is 6.83. The summed E-state index contributed by atoms with van der Waals surface area (Å²) >= 11 is 0. The number of hydrogen-bond acceptors (Lipinski definition) is 3. The van der Waals surface area contributed by atoms with Crippen LogP contribution in [-0.4, -0.2) is 33.7 Å². The van der Waals surface area contributed by atoms with Crippen LogP contribution >= 0.6 is 0 Å². The van der Waals surface area contributed by atoms with E-state index in [0.29, 0.717) is 13.0 Å². The summed E-state index contributed by atoms with van der Waals surface area (Å²) in [4.78, 5) is 12.0. The lowest BCUT2D eigenvalue weighted by Gasteiger charge is -2.22. The molecule has 0 aliphatic carbocycles. The third kappa shape index (κ3) is 6.96. The maximum Gasteiger partial charge on any atom is 0.232 e. The highest BCUT2D eigenvalue weighted by Gasteiger charge is 2.20. The smallest absolute Gasteiger partial charge is 0.232 e. The number of nitrogens with one attached hydrogen (secondary N) is 1. The quantitative estimate of drug-likeness (QED) is 0.615. The van der Waals surface area contributed by atoms with E-state index >= 15 is 0 Å². The van der Waals surface area contributed by atoms with Gasteiger partial charge in [-0.15, -0.1) is 0 Å². The Labute approximate surface area is 166 Å². The van der Waals surface area contributed by atoms with Crippen LogP contribution in [0.3, 0.4) is 0 Å². The van der Waals surface area contributed by atoms with E-state index in [9.17, 15) is 17.6 Å². The van der Waals surface area contributed by atoms with Crippen LogP contribution in [0.25, 0.3) is 0 Å². The number of nitrogens with zero attached hydrogens (tertiary/aromatic N) is 1. The highest BCUT2D eigenvalue weighted by molar-refractivity contribution is 7.92. The van der Waals surface area contributed by atoms with Crippen LogP contribution < -0.4 is 9.62 Å². The monoisotopic (exact) mass is 406 g/mol. The molecule has 0 saturated heterocycles. The molecule has 7 heteroatoms. The summed E-state index contributed by atoms with van der Waals surface area (Å²) in [5.74, 6) is -0.737. The van der Waals surface area contributed by atoms with Gasteiger partial charge >= 0.3 is 0 Å². The van der Waals surface area contributed by atoms with Gasteiger partial charge in [-0.25, -0.2) is 12.8 Å². The minimum Gasteiger partial charge on any atom is -0.356 e. The number of aryl methyl sites for hydroxylation is 2. The predicted molar refractivity (Wildman–Crippen MR) is 110 cm³/mol. The highest BCUT2D eigenvalue weighted by Crippen LogP contribution is 2.21. The Balaban J connectivity index is 1.75. The van der Waals surface area contributed by atoms with Gasteiger partial charge in [0.25, 0.3) is 0 Å². The fourth-order valence-corrected chi connectivity index (χ4v) is 3.83. The summed E-state index contributed by atoms with van der Waals surface area (Å²) in [7, 11) is -3.63. The van der Waals surface area contributed by atoms with E-state index in [-0.39, 0.29) is 24.6 Å². The molecule has 28 heavy (non-hydrogen) atoms. The molecular weight excluding hydrogens is 379 g/mol. The molecule has 0 fully saturated rings. The number of carbonyl (C=O) groups excluding carboxylic acids is 1. The number of sulfonamides is 1. The number of para-hydroxylation sites is 1. The standard InChI is InChI=1S/C21H27FN2O3S/c1-17-11-13-18(14-12-17)7-5-15-23-21(25)10-6-16-24(28(2,26)27)20-9-4-3-8-19(20)22/h3-4,8-9,11-14H,5-7,10,15-16H2,1-2H3,(H,23,25). The van der Waals surface area contributed by atoms with Crippen molar-refractivity contribution in [1.29, 1.82) is 0 Å². The van der Waals surface area contributed by atoms with E-state index in [2.05, 4.69) is 29.6 Å². The fourth-order valence-electron chi connectivity index (χ4n) is 2.87. The molecule has 0 atom stereocenters. The summed E-state index contributed by atoms with van der Waals surface area (Å²) < 4.78 is 38.9. The van der Waals surface area contributed by atoms with Gasteiger partial charge < -0.3 is 5.32 Å². The first kappa shape index (κ1) is 21.9. The molecule has 0 aromatic heterocycles. The molecule has 2 rings (SSSR count). The van der Waals surface area contributed by atoms with Crippen LogP contribution in [-0.2, 0) is 21.2 Å². The lowest BCUT2D eigenvalue weighted by atomic mass is 10.1. The molecular formula is C21H27FN2O3S. The molecule has 152 valence electrons. The summed E-state index contributed by atoms with van der Waals surface area (Å²) in [6.45, 7) is 2.66. The largest absolute Gasteiger partial charge is 0.356 e. The van der Waals surface area contributed by atoms with Crippen molar-refractivity contribution in [2.75, 3.05) is 23.7 Å². The number of benzene rings is 2. The SMILES string of the molecule is Cc1ccc(CCCNC(=O)CCCN(c2ccccc2F)S(C)(=O)=O)cc1. The second kappa shape index (κ2) is 10.2. The van der Waals surface area contributed by atoms with Crippen molar-refractivity contribution in [3.8, 4) is 0 Å². The molecule has 0 bridgehead atoms. The molecule has 2 aromatic carbocycles. The number of halogens is 1. The first-order valence-corrected chi connectivity index (χ1v) is 11.2. The van der Waals surface area contributed by atoms with Gasteiger partial charge in [0.1, 0.15) is 5.82 Å². The Bertz CT molecular complexity index is 883. The van der Waals surface area contributed by atoms with E-state index in [4.69, 9.17) is 0 Å². The molecule has 0 saturated carbocycles. The van der Waals surface area contributed by atoms with Gasteiger partial charge in [-0.1, -0.05) is 42.0 Å². The van der Waals surface area contributed by atoms with Gasteiger partial charge in [0.05, 0.1) is 11.9 Å². The topological polar surface area (TPSA) is 66.5 Å². The molecule has 0 heterocycles. The number of carbonyl (C=O) groups is 1. The lowest BCUT2D eigenvalue weighted by Crippen LogP contribution is -2.33. The Hall–Kier alpha value is -2.41. The Morgan fingerprint density at radius 3 is 2.39 bits per heavy atom. The van der Waals surface area contributed by atoms with Crippen LogP contribution in [0.2, 0.25) is 0 Å². The zero-order valence-corrected chi connectivity index (χ0v) is 17.1. The Morgan fingerprint density at radius 2 is 1.75 bits per heavy atom. The van der Waals surface area contributed by atoms with E-state index in [1.807, 2.05) is 6.92 Å². The number of anilines is 1. The minimum atomic E-state index is -3.63. The van der Waals surface area contributed by atoms with Gasteiger partial charge in [0.2, 0.25) is 15.9 Å². The van der Waals surface area contributed by atoms with Gasteiger partial charge in [-0.05, 0) is 43.9 Å². The zero-order valence-electron chi connectivity index (χ0n) is 16.3. The van der Waals surface area contributed by atoms with Gasteiger partial charge in [-0.3, -0.25) is 9.10 Å². The first-order valence-electron chi connectivity index (χ1n) is 9.32. The highest BCUT2D eigenvalue weighted by atomic mass is 32.2. The van der Waals surface area contributed by atoms with E-state index < -0.39 is 15.8 Å². The van der Waals surface area contributed by atoms with Crippen molar-refractivity contribution in [2.45, 2.75) is 32.6 Å². The second-order valence-corrected chi connectivity index (χ2v) is 8.74. The molecule has 1 amide bonds. The van der Waals surface area contributed by atoms with Crippen molar-refractivity contribution in [2.24, 2.45) is 0 Å². The average Bonchev–Trinajstić information content (AvgIpc) is 2.64. The predicted octanol–water partition coefficient (Wildman–Crippen LogP) is 3.43. The molecule has 0 radical (unpaired) electrons. The van der Waals surface area contributed by atoms with Crippen molar-refractivity contribution >= 4 is 21.6 Å². The third-order valence-corrected chi connectivity index (χ3v) is 5.55. The van der Waals surface area contributed by atoms with Crippen LogP contribution in [0.1, 0.15) is 30.4 Å². The van der Waals surface area contributed by atoms with E-state index in [1.54, 1.807) is 6.07 Å². The summed E-state index contributed by atoms with van der Waals surface area (Å²) in [6.07, 6.45) is 3.25. The van der Waals surface area contributed by atoms with Crippen LogP contribution in [0.4, 0.5) is 10.1 Å². The molecule has 5 nitrogen and oxygen atoms in total. The van der Waals surface area contributed by atoms with Crippen LogP contribution in [0.5, 0.6) is 0 Å². The number of rotatable bonds is 10. The lowest BCUT2D eigenvalue weighted by molar-refractivity contribution is -0.121. The van der Waals surface area contributed by atoms with Gasteiger partial charge in [-0.2, -0.15) is 0 Å². The van der Waals surface area contributed by atoms with Crippen molar-refractivity contribution < 1.29 is 17.6 Å². The zero-order chi connectivity index (χ0) is 20.6. The van der Waals surface area contributed by atoms with Crippen molar-refractivity contribution in [1.82, 2.24) is 5.32 Å². The molecule has 2 aromatic rings. The van der Waals surface area contributed by atoms with Crippen LogP contribution in [0, 0.1) is 12.7 Å². The van der Waals surface area contributed by atoms with E-state index in [0.717, 1.165) is 23.4 Å². The number of amides is 1. The molecule has 0 aliphatic rings. The summed E-state index contributed by atoms with van der Waals surface area (Å²) in [5, 5.41) is 2.85. The number of hydrogen-bond donors (Lipinski definition) is 1. The maximum absolute atomic E-state index is 13.9. The Kier molecular flexibility index (Phi) is 7.99. The summed E-state index contributed by atoms with van der Waals surface area (Å²) in [6, 6.07) is 14.0. The third-order valence-electron chi connectivity index (χ3n) is 4.37. The van der Waals surface area contributed by atoms with Gasteiger partial charge in [0, 0.05) is 19.5 Å². The van der Waals surface area contributed by atoms with Crippen molar-refractivity contribution in [3.05, 3.63) is 65.5 Å². The minimum absolute atomic E-state index is 0.00325. The average molecular weight is 407 g/mol. The van der Waals surface area contributed by atoms with Gasteiger partial charge in [0.15, 0.2) is 0 Å². The fraction of sp³-hybridized carbons (Fsp3) is 0.381. The van der Waals surface area contributed by atoms with Crippen molar-refractivity contribution in [3.63, 3.8) is 0 Å². The molecule has 0 spiro atoms. The molecule has 0 unspecified atom stereocenters. The molecule has 0 aliphatic heterocycles. The van der Waals surface area contributed by atoms with E-state index in [1.165, 1.54) is 29.3 Å².